The van der Waals surface area contributed by atoms with Gasteiger partial charge < -0.3 is 20.1 Å². The quantitative estimate of drug-likeness (QED) is 0.393. The summed E-state index contributed by atoms with van der Waals surface area (Å²) in [5.41, 5.74) is 1.01. The van der Waals surface area contributed by atoms with Crippen LogP contribution in [0.2, 0.25) is 0 Å². The van der Waals surface area contributed by atoms with Crippen molar-refractivity contribution in [2.45, 2.75) is 33.9 Å². The van der Waals surface area contributed by atoms with E-state index in [0.717, 1.165) is 28.8 Å². The van der Waals surface area contributed by atoms with Crippen molar-refractivity contribution in [3.05, 3.63) is 64.2 Å². The molecule has 0 aliphatic rings. The fourth-order valence-corrected chi connectivity index (χ4v) is 3.38. The maximum atomic E-state index is 5.86. The van der Waals surface area contributed by atoms with Gasteiger partial charge in [-0.3, -0.25) is 0 Å². The summed E-state index contributed by atoms with van der Waals surface area (Å²) >= 11 is 1.68. The maximum absolute atomic E-state index is 5.86. The number of aryl methyl sites for hydroxylation is 1. The fraction of sp³-hybridized carbons (Fsp3) is 0.318. The topological polar surface area (TPSA) is 80.7 Å². The Labute approximate surface area is 181 Å². The third-order valence-electron chi connectivity index (χ3n) is 4.00. The molecule has 1 aromatic carbocycles. The molecule has 30 heavy (non-hydrogen) atoms. The molecule has 3 aromatic rings. The van der Waals surface area contributed by atoms with Gasteiger partial charge in [-0.15, -0.1) is 11.3 Å². The lowest BCUT2D eigenvalue weighted by molar-refractivity contribution is 0.339. The highest BCUT2D eigenvalue weighted by molar-refractivity contribution is 7.11. The highest BCUT2D eigenvalue weighted by atomic mass is 32.1. The zero-order valence-electron chi connectivity index (χ0n) is 17.5. The molecule has 0 spiro atoms. The molecule has 0 bridgehead atoms. The van der Waals surface area contributed by atoms with Gasteiger partial charge in [-0.2, -0.15) is 0 Å². The number of nitrogens with one attached hydrogen (secondary N) is 2. The van der Waals surface area contributed by atoms with E-state index in [-0.39, 0.29) is 0 Å². The second-order valence-corrected chi connectivity index (χ2v) is 7.74. The van der Waals surface area contributed by atoms with E-state index in [1.807, 2.05) is 56.4 Å². The van der Waals surface area contributed by atoms with E-state index in [1.165, 1.54) is 4.88 Å². The van der Waals surface area contributed by atoms with Crippen LogP contribution in [0.25, 0.3) is 0 Å². The van der Waals surface area contributed by atoms with Crippen LogP contribution in [0.1, 0.15) is 29.3 Å². The smallest absolute Gasteiger partial charge is 0.219 e. The monoisotopic (exact) mass is 425 g/mol. The summed E-state index contributed by atoms with van der Waals surface area (Å²) in [6.45, 7) is 8.63. The number of guanidine groups is 1. The zero-order valence-corrected chi connectivity index (χ0v) is 18.3. The Balaban J connectivity index is 1.60. The Kier molecular flexibility index (Phi) is 8.02. The normalized spacial score (nSPS) is 11.2. The van der Waals surface area contributed by atoms with Crippen molar-refractivity contribution in [1.29, 1.82) is 0 Å². The van der Waals surface area contributed by atoms with E-state index < -0.39 is 0 Å². The number of benzene rings is 1. The van der Waals surface area contributed by atoms with Gasteiger partial charge in [0, 0.05) is 29.9 Å². The minimum Gasteiger partial charge on any atom is -0.494 e. The number of thiazole rings is 1. The molecule has 0 amide bonds. The summed E-state index contributed by atoms with van der Waals surface area (Å²) in [5.74, 6) is 2.80. The van der Waals surface area contributed by atoms with Crippen LogP contribution in [0.5, 0.6) is 17.4 Å². The van der Waals surface area contributed by atoms with Gasteiger partial charge in [-0.05, 0) is 56.7 Å². The number of pyridine rings is 1. The summed E-state index contributed by atoms with van der Waals surface area (Å²) in [5, 5.41) is 7.61. The third-order valence-corrected chi connectivity index (χ3v) is 4.91. The number of nitrogens with zero attached hydrogens (tertiary/aromatic N) is 3. The molecular formula is C22H27N5O2S. The van der Waals surface area contributed by atoms with Crippen LogP contribution in [-0.4, -0.2) is 29.1 Å². The van der Waals surface area contributed by atoms with E-state index in [4.69, 9.17) is 9.47 Å². The van der Waals surface area contributed by atoms with E-state index in [9.17, 15) is 0 Å². The number of ether oxygens (including phenoxy) is 2. The lowest BCUT2D eigenvalue weighted by atomic mass is 10.2. The number of hydrogen-bond acceptors (Lipinski definition) is 6. The van der Waals surface area contributed by atoms with Crippen LogP contribution in [0, 0.1) is 6.92 Å². The summed E-state index contributed by atoms with van der Waals surface area (Å²) in [6.07, 6.45) is 3.61. The highest BCUT2D eigenvalue weighted by Gasteiger charge is 2.04. The molecule has 0 unspecified atom stereocenters. The van der Waals surface area contributed by atoms with E-state index in [0.29, 0.717) is 31.3 Å². The average molecular weight is 426 g/mol. The van der Waals surface area contributed by atoms with Crippen molar-refractivity contribution in [3.63, 3.8) is 0 Å². The first-order valence-electron chi connectivity index (χ1n) is 9.95. The standard InChI is InChI=1S/C22H27N5O2S/c1-4-23-22(27-15-21-25-13-16(3)30-21)26-14-17-10-11-24-20(12-17)29-19-8-6-18(7-9-19)28-5-2/h6-13H,4-5,14-15H2,1-3H3,(H2,23,26,27). The van der Waals surface area contributed by atoms with Gasteiger partial charge in [0.15, 0.2) is 5.96 Å². The predicted molar refractivity (Wildman–Crippen MR) is 120 cm³/mol. The van der Waals surface area contributed by atoms with Crippen LogP contribution >= 0.6 is 11.3 Å². The van der Waals surface area contributed by atoms with Crippen molar-refractivity contribution in [2.24, 2.45) is 4.99 Å². The molecule has 7 nitrogen and oxygen atoms in total. The molecule has 2 aromatic heterocycles. The number of aromatic nitrogens is 2. The van der Waals surface area contributed by atoms with Crippen molar-refractivity contribution >= 4 is 17.3 Å². The Morgan fingerprint density at radius 2 is 1.87 bits per heavy atom. The van der Waals surface area contributed by atoms with Crippen molar-refractivity contribution in [3.8, 4) is 17.4 Å². The predicted octanol–water partition coefficient (Wildman–Crippen LogP) is 4.29. The lowest BCUT2D eigenvalue weighted by Crippen LogP contribution is -2.36. The number of hydrogen-bond donors (Lipinski definition) is 2. The second-order valence-electron chi connectivity index (χ2n) is 6.42. The largest absolute Gasteiger partial charge is 0.494 e. The first-order chi connectivity index (χ1) is 14.7. The maximum Gasteiger partial charge on any atom is 0.219 e. The third kappa shape index (κ3) is 6.73. The molecule has 0 atom stereocenters. The van der Waals surface area contributed by atoms with E-state index in [1.54, 1.807) is 17.5 Å². The van der Waals surface area contributed by atoms with E-state index in [2.05, 4.69) is 32.5 Å². The Morgan fingerprint density at radius 3 is 2.57 bits per heavy atom. The van der Waals surface area contributed by atoms with Crippen LogP contribution in [0.4, 0.5) is 0 Å². The van der Waals surface area contributed by atoms with Gasteiger partial charge in [-0.25, -0.2) is 15.0 Å². The summed E-state index contributed by atoms with van der Waals surface area (Å²) < 4.78 is 11.3. The molecule has 0 radical (unpaired) electrons. The van der Waals surface area contributed by atoms with Gasteiger partial charge >= 0.3 is 0 Å². The van der Waals surface area contributed by atoms with Crippen LogP contribution in [-0.2, 0) is 13.1 Å². The fourth-order valence-electron chi connectivity index (χ4n) is 2.65. The lowest BCUT2D eigenvalue weighted by Gasteiger charge is -2.10. The first kappa shape index (κ1) is 21.6. The Bertz CT molecular complexity index is 956. The SMILES string of the molecule is CCNC(=NCc1ccnc(Oc2ccc(OCC)cc2)c1)NCc1ncc(C)s1. The second kappa shape index (κ2) is 11.2. The molecule has 0 saturated heterocycles. The summed E-state index contributed by atoms with van der Waals surface area (Å²) in [6, 6.07) is 11.3. The van der Waals surface area contributed by atoms with E-state index >= 15 is 0 Å². The van der Waals surface area contributed by atoms with Crippen LogP contribution in [0.3, 0.4) is 0 Å². The summed E-state index contributed by atoms with van der Waals surface area (Å²) in [7, 11) is 0. The van der Waals surface area contributed by atoms with Crippen molar-refractivity contribution in [1.82, 2.24) is 20.6 Å². The van der Waals surface area contributed by atoms with Crippen LogP contribution in [0.15, 0.2) is 53.8 Å². The first-order valence-corrected chi connectivity index (χ1v) is 10.8. The number of rotatable bonds is 9. The molecule has 0 saturated carbocycles. The minimum absolute atomic E-state index is 0.508. The zero-order chi connectivity index (χ0) is 21.2. The summed E-state index contributed by atoms with van der Waals surface area (Å²) in [4.78, 5) is 14.5. The molecule has 2 heterocycles. The molecular weight excluding hydrogens is 398 g/mol. The van der Waals surface area contributed by atoms with Gasteiger partial charge in [0.25, 0.3) is 0 Å². The van der Waals surface area contributed by atoms with Gasteiger partial charge in [-0.1, -0.05) is 0 Å². The highest BCUT2D eigenvalue weighted by Crippen LogP contribution is 2.23. The van der Waals surface area contributed by atoms with Gasteiger partial charge in [0.2, 0.25) is 5.88 Å². The number of aliphatic imine (C=N–C) groups is 1. The van der Waals surface area contributed by atoms with Gasteiger partial charge in [0.1, 0.15) is 16.5 Å². The van der Waals surface area contributed by atoms with Crippen molar-refractivity contribution < 1.29 is 9.47 Å². The molecule has 0 aliphatic carbocycles. The molecule has 3 rings (SSSR count). The van der Waals surface area contributed by atoms with Crippen molar-refractivity contribution in [2.75, 3.05) is 13.2 Å². The molecule has 2 N–H and O–H groups in total. The molecule has 8 heteroatoms. The Hall–Kier alpha value is -3.13. The minimum atomic E-state index is 0.508. The molecule has 158 valence electrons. The molecule has 0 fully saturated rings. The molecule has 0 aliphatic heterocycles. The average Bonchev–Trinajstić information content (AvgIpc) is 3.17. The van der Waals surface area contributed by atoms with Gasteiger partial charge in [0.05, 0.1) is 19.7 Å². The Morgan fingerprint density at radius 1 is 1.07 bits per heavy atom. The van der Waals surface area contributed by atoms with Crippen LogP contribution < -0.4 is 20.1 Å².